The Morgan fingerprint density at radius 1 is 0.250 bits per heavy atom. The van der Waals surface area contributed by atoms with Gasteiger partial charge in [-0.2, -0.15) is 0 Å². The van der Waals surface area contributed by atoms with Gasteiger partial charge in [-0.3, -0.25) is 0 Å². The van der Waals surface area contributed by atoms with Crippen molar-refractivity contribution in [1.29, 1.82) is 0 Å². The van der Waals surface area contributed by atoms with E-state index in [0.29, 0.717) is 34.5 Å². The molecule has 0 unspecified atom stereocenters. The number of rotatable bonds is 4. The average Bonchev–Trinajstić information content (AvgIpc) is 4.00. The minimum atomic E-state index is -5.00. The number of fused-ring (bicyclic) bond motifs is 5. The van der Waals surface area contributed by atoms with Gasteiger partial charge in [0, 0.05) is 0 Å². The quantitative estimate of drug-likeness (QED) is 0.164. The Morgan fingerprint density at radius 2 is 0.526 bits per heavy atom. The molecule has 0 saturated heterocycles. The summed E-state index contributed by atoms with van der Waals surface area (Å²) in [6.45, 7) is 54.9. The molecule has 8 heteroatoms. The molecule has 0 spiro atoms. The van der Waals surface area contributed by atoms with Crippen molar-refractivity contribution in [3.8, 4) is 56.8 Å². The van der Waals surface area contributed by atoms with E-state index in [0.717, 1.165) is 65.7 Å². The van der Waals surface area contributed by atoms with E-state index in [-0.39, 0.29) is 43.3 Å². The molecule has 4 bridgehead atoms. The van der Waals surface area contributed by atoms with Crippen LogP contribution in [-0.4, -0.2) is 0 Å². The van der Waals surface area contributed by atoms with Crippen LogP contribution < -0.4 is 48.4 Å². The van der Waals surface area contributed by atoms with Gasteiger partial charge in [-0.1, -0.05) is 0 Å². The number of benzene rings is 6. The topological polar surface area (TPSA) is 55.4 Å². The summed E-state index contributed by atoms with van der Waals surface area (Å²) in [5.74, 6) is 3.76. The first-order valence-electron chi connectivity index (χ1n) is 27.8. The molecule has 6 aromatic rings. The first-order valence-corrected chi connectivity index (χ1v) is 31.8. The Bertz CT molecular complexity index is 3390. The van der Waals surface area contributed by atoms with Crippen LogP contribution in [0.4, 0.5) is 0 Å². The molecule has 5 aliphatic rings. The molecule has 0 N–H and O–H groups in total. The van der Waals surface area contributed by atoms with E-state index in [1.54, 1.807) is 0 Å². The summed E-state index contributed by atoms with van der Waals surface area (Å²) in [6, 6.07) is 32.0. The van der Waals surface area contributed by atoms with E-state index in [1.807, 2.05) is 0 Å². The standard InChI is InChI=1S/C68H86O6P2/c1-61(2,3)39-25-31-49(44(35-39)65(13,14)15)75(50-32-26-40(62(4,5)6)36-45(50)66(16,17)18)69-48-30-29-43-53(56(48)70-75)55-54(43)57-59-60(58(55)72-75)74-76(71-57,73-59,51-33-27-41(63(7,8)9)37-46(51)67(19,20)21)52-34-28-42(64(10,11)12)38-47(52)68(22,23)24/h25-38H,1-24H3. The third-order valence-corrected chi connectivity index (χ3v) is 24.8. The summed E-state index contributed by atoms with van der Waals surface area (Å²) >= 11 is 0. The van der Waals surface area contributed by atoms with Gasteiger partial charge in [0.05, 0.1) is 0 Å². The van der Waals surface area contributed by atoms with Gasteiger partial charge < -0.3 is 0 Å². The molecule has 0 atom stereocenters. The molecule has 404 valence electrons. The monoisotopic (exact) mass is 1060 g/mol. The van der Waals surface area contributed by atoms with Gasteiger partial charge >= 0.3 is 459 Å². The molecule has 1 aliphatic carbocycles. The van der Waals surface area contributed by atoms with Crippen LogP contribution >= 0.6 is 14.6 Å². The Balaban J connectivity index is 1.31. The van der Waals surface area contributed by atoms with Crippen LogP contribution in [0.2, 0.25) is 0 Å². The Morgan fingerprint density at radius 3 is 0.829 bits per heavy atom. The molecular formula is C68H86O6P2. The second kappa shape index (κ2) is 15.0. The summed E-state index contributed by atoms with van der Waals surface area (Å²) < 4.78 is 49.1. The molecule has 4 aliphatic heterocycles. The van der Waals surface area contributed by atoms with Crippen molar-refractivity contribution in [3.05, 3.63) is 129 Å². The van der Waals surface area contributed by atoms with Gasteiger partial charge in [0.2, 0.25) is 0 Å². The van der Waals surface area contributed by atoms with Gasteiger partial charge in [0.1, 0.15) is 0 Å². The zero-order valence-electron chi connectivity index (χ0n) is 50.4. The fourth-order valence-corrected chi connectivity index (χ4v) is 21.9. The van der Waals surface area contributed by atoms with Crippen molar-refractivity contribution in [3.63, 3.8) is 0 Å². The van der Waals surface area contributed by atoms with Crippen LogP contribution in [-0.2, 0) is 43.3 Å². The van der Waals surface area contributed by atoms with E-state index >= 15 is 0 Å². The van der Waals surface area contributed by atoms with Crippen molar-refractivity contribution in [2.45, 2.75) is 209 Å². The van der Waals surface area contributed by atoms with Crippen LogP contribution in [0.15, 0.2) is 84.9 Å². The van der Waals surface area contributed by atoms with Crippen molar-refractivity contribution >= 4 is 35.8 Å². The normalized spacial score (nSPS) is 19.2. The predicted octanol–water partition coefficient (Wildman–Crippen LogP) is 17.9. The van der Waals surface area contributed by atoms with Gasteiger partial charge in [-0.05, 0) is 0 Å². The molecule has 6 nitrogen and oxygen atoms in total. The molecule has 0 aromatic heterocycles. The zero-order chi connectivity index (χ0) is 55.7. The second-order valence-electron chi connectivity index (χ2n) is 31.1. The summed E-state index contributed by atoms with van der Waals surface area (Å²) in [4.78, 5) is 0. The fraction of sp³-hybridized carbons (Fsp3) is 0.471. The predicted molar refractivity (Wildman–Crippen MR) is 322 cm³/mol. The summed E-state index contributed by atoms with van der Waals surface area (Å²) in [5, 5.41) is 3.66. The van der Waals surface area contributed by atoms with E-state index < -0.39 is 14.6 Å². The SMILES string of the molecule is CC(C)(C)c1ccc(P23(c4ccc(C(C)(C)C)cc4C(C)(C)C)Oc4c(c5c6c(c4O2)-c2ccc4c(c2-6)OP(c2ccc(C(C)(C)C)cc2C(C)(C)C)(c2ccc(C(C)(C)C)cc2C(C)(C)C)(O4)O5)O3)c(C(C)(C)C)c1. The van der Waals surface area contributed by atoms with E-state index in [4.69, 9.17) is 27.1 Å². The van der Waals surface area contributed by atoms with Crippen LogP contribution in [0.1, 0.15) is 211 Å². The average molecular weight is 1060 g/mol. The van der Waals surface area contributed by atoms with Gasteiger partial charge in [0.25, 0.3) is 0 Å². The third-order valence-electron chi connectivity index (χ3n) is 16.9. The van der Waals surface area contributed by atoms with E-state index in [9.17, 15) is 0 Å². The van der Waals surface area contributed by atoms with Gasteiger partial charge in [-0.25, -0.2) is 0 Å². The van der Waals surface area contributed by atoms with Crippen molar-refractivity contribution < 1.29 is 27.1 Å². The van der Waals surface area contributed by atoms with E-state index in [1.165, 1.54) is 22.3 Å². The van der Waals surface area contributed by atoms with Crippen molar-refractivity contribution in [2.75, 3.05) is 0 Å². The van der Waals surface area contributed by atoms with Crippen LogP contribution in [0.5, 0.6) is 34.5 Å². The molecule has 76 heavy (non-hydrogen) atoms. The summed E-state index contributed by atoms with van der Waals surface area (Å²) in [5.41, 5.74) is 11.2. The fourth-order valence-electron chi connectivity index (χ4n) is 12.3. The van der Waals surface area contributed by atoms with Gasteiger partial charge in [0.15, 0.2) is 0 Å². The minimum absolute atomic E-state index is 0.125. The molecule has 0 amide bonds. The molecule has 0 saturated carbocycles. The zero-order valence-corrected chi connectivity index (χ0v) is 52.2. The Labute approximate surface area is 456 Å². The first-order chi connectivity index (χ1) is 34.5. The number of hydrogen-bond donors (Lipinski definition) is 0. The Kier molecular flexibility index (Phi) is 10.5. The molecule has 11 rings (SSSR count). The third kappa shape index (κ3) is 7.09. The molecule has 4 heterocycles. The first kappa shape index (κ1) is 53.0. The maximum absolute atomic E-state index is 8.52. The van der Waals surface area contributed by atoms with Gasteiger partial charge in [-0.15, -0.1) is 0 Å². The van der Waals surface area contributed by atoms with Crippen LogP contribution in [0, 0.1) is 0 Å². The molecule has 0 radical (unpaired) electrons. The second-order valence-corrected chi connectivity index (χ2v) is 37.7. The van der Waals surface area contributed by atoms with Crippen molar-refractivity contribution in [1.82, 2.24) is 0 Å². The molecular weight excluding hydrogens is 975 g/mol. The summed E-state index contributed by atoms with van der Waals surface area (Å²) in [7, 11) is -9.83. The van der Waals surface area contributed by atoms with Crippen LogP contribution in [0.25, 0.3) is 22.3 Å². The summed E-state index contributed by atoms with van der Waals surface area (Å²) in [6.07, 6.45) is 0. The Hall–Kier alpha value is -5.02. The van der Waals surface area contributed by atoms with Crippen LogP contribution in [0.3, 0.4) is 0 Å². The maximum atomic E-state index is 8.52. The van der Waals surface area contributed by atoms with E-state index in [2.05, 4.69) is 251 Å². The molecule has 0 fully saturated rings. The molecule has 6 aromatic carbocycles. The number of hydrogen-bond acceptors (Lipinski definition) is 6. The van der Waals surface area contributed by atoms with Crippen molar-refractivity contribution in [2.24, 2.45) is 0 Å².